The van der Waals surface area contributed by atoms with Gasteiger partial charge >= 0.3 is 0 Å². The van der Waals surface area contributed by atoms with E-state index >= 15 is 0 Å². The lowest BCUT2D eigenvalue weighted by Gasteiger charge is -2.09. The predicted octanol–water partition coefficient (Wildman–Crippen LogP) is 6.24. The fourth-order valence-electron chi connectivity index (χ4n) is 3.53. The molecule has 2 N–H and O–H groups in total. The van der Waals surface area contributed by atoms with Crippen LogP contribution >= 0.6 is 23.6 Å². The van der Waals surface area contributed by atoms with E-state index < -0.39 is 0 Å². The van der Waals surface area contributed by atoms with Crippen LogP contribution in [0.2, 0.25) is 0 Å². The van der Waals surface area contributed by atoms with Crippen LogP contribution in [0.25, 0.3) is 32.8 Å². The van der Waals surface area contributed by atoms with Gasteiger partial charge in [0.05, 0.1) is 5.69 Å². The van der Waals surface area contributed by atoms with E-state index in [1.165, 1.54) is 22.1 Å². The molecule has 0 unspecified atom stereocenters. The molecule has 31 heavy (non-hydrogen) atoms. The van der Waals surface area contributed by atoms with Gasteiger partial charge in [-0.3, -0.25) is 10.1 Å². The SMILES string of the molecule is O=C(NC(=S)Nc1nc(-c2ccc3ccccc3c2)cs1)c1cccc2ccccc12. The topological polar surface area (TPSA) is 54.0 Å². The van der Waals surface area contributed by atoms with Crippen LogP contribution in [-0.4, -0.2) is 16.0 Å². The average molecular weight is 440 g/mol. The van der Waals surface area contributed by atoms with Crippen LogP contribution in [0, 0.1) is 0 Å². The second-order valence-corrected chi connectivity index (χ2v) is 8.30. The van der Waals surface area contributed by atoms with Crippen molar-refractivity contribution in [3.63, 3.8) is 0 Å². The molecule has 0 aliphatic heterocycles. The van der Waals surface area contributed by atoms with Gasteiger partial charge in [-0.25, -0.2) is 4.98 Å². The highest BCUT2D eigenvalue weighted by molar-refractivity contribution is 7.80. The maximum Gasteiger partial charge on any atom is 0.258 e. The molecule has 5 aromatic rings. The molecule has 6 heteroatoms. The summed E-state index contributed by atoms with van der Waals surface area (Å²) in [5.74, 6) is -0.249. The standard InChI is InChI=1S/C25H17N3OS2/c29-23(21-11-5-9-17-7-3-4-10-20(17)21)27-24(30)28-25-26-22(15-31-25)19-13-12-16-6-1-2-8-18(16)14-19/h1-15H,(H2,26,27,28,29,30). The fourth-order valence-corrected chi connectivity index (χ4v) is 4.51. The molecule has 0 aliphatic rings. The molecule has 4 nitrogen and oxygen atoms in total. The van der Waals surface area contributed by atoms with Gasteiger partial charge in [-0.1, -0.05) is 72.8 Å². The van der Waals surface area contributed by atoms with Crippen LogP contribution in [0.15, 0.2) is 90.3 Å². The predicted molar refractivity (Wildman–Crippen MR) is 133 cm³/mol. The van der Waals surface area contributed by atoms with Crippen molar-refractivity contribution in [1.29, 1.82) is 0 Å². The molecular weight excluding hydrogens is 422 g/mol. The molecule has 1 heterocycles. The van der Waals surface area contributed by atoms with E-state index in [9.17, 15) is 4.79 Å². The van der Waals surface area contributed by atoms with Crippen LogP contribution in [0.4, 0.5) is 5.13 Å². The van der Waals surface area contributed by atoms with Gasteiger partial charge in [-0.2, -0.15) is 0 Å². The molecule has 0 spiro atoms. The maximum absolute atomic E-state index is 12.8. The lowest BCUT2D eigenvalue weighted by Crippen LogP contribution is -2.34. The number of hydrogen-bond donors (Lipinski definition) is 2. The van der Waals surface area contributed by atoms with Crippen LogP contribution in [0.1, 0.15) is 10.4 Å². The molecular formula is C25H17N3OS2. The molecule has 0 radical (unpaired) electrons. The largest absolute Gasteiger partial charge is 0.308 e. The zero-order valence-corrected chi connectivity index (χ0v) is 18.0. The van der Waals surface area contributed by atoms with Gasteiger partial charge in [0.25, 0.3) is 5.91 Å². The summed E-state index contributed by atoms with van der Waals surface area (Å²) in [4.78, 5) is 17.4. The number of aromatic nitrogens is 1. The maximum atomic E-state index is 12.8. The normalized spacial score (nSPS) is 10.8. The third-order valence-corrected chi connectivity index (χ3v) is 5.99. The molecule has 5 rings (SSSR count). The zero-order chi connectivity index (χ0) is 21.2. The number of amides is 1. The molecule has 0 atom stereocenters. The van der Waals surface area contributed by atoms with E-state index in [0.717, 1.165) is 22.0 Å². The summed E-state index contributed by atoms with van der Waals surface area (Å²) in [7, 11) is 0. The summed E-state index contributed by atoms with van der Waals surface area (Å²) in [6.07, 6.45) is 0. The fraction of sp³-hybridized carbons (Fsp3) is 0. The average Bonchev–Trinajstić information content (AvgIpc) is 3.26. The number of nitrogens with zero attached hydrogens (tertiary/aromatic N) is 1. The van der Waals surface area contributed by atoms with Crippen LogP contribution in [-0.2, 0) is 0 Å². The highest BCUT2D eigenvalue weighted by Crippen LogP contribution is 2.27. The van der Waals surface area contributed by atoms with E-state index in [-0.39, 0.29) is 11.0 Å². The molecule has 0 saturated heterocycles. The summed E-state index contributed by atoms with van der Waals surface area (Å²) < 4.78 is 0. The Hall–Kier alpha value is -3.61. The number of hydrogen-bond acceptors (Lipinski definition) is 4. The number of carbonyl (C=O) groups is 1. The lowest BCUT2D eigenvalue weighted by atomic mass is 10.0. The monoisotopic (exact) mass is 439 g/mol. The highest BCUT2D eigenvalue weighted by atomic mass is 32.1. The van der Waals surface area contributed by atoms with Gasteiger partial charge in [0, 0.05) is 16.5 Å². The van der Waals surface area contributed by atoms with Crippen molar-refractivity contribution >= 4 is 61.3 Å². The third-order valence-electron chi connectivity index (χ3n) is 5.03. The van der Waals surface area contributed by atoms with Crippen LogP contribution in [0.3, 0.4) is 0 Å². The van der Waals surface area contributed by atoms with Gasteiger partial charge < -0.3 is 5.32 Å². The summed E-state index contributed by atoms with van der Waals surface area (Å²) in [5, 5.41) is 12.9. The lowest BCUT2D eigenvalue weighted by molar-refractivity contribution is 0.0979. The summed E-state index contributed by atoms with van der Waals surface area (Å²) in [5.41, 5.74) is 2.48. The van der Waals surface area contributed by atoms with E-state index in [0.29, 0.717) is 10.7 Å². The molecule has 0 aliphatic carbocycles. The Labute approximate surface area is 188 Å². The molecule has 1 aromatic heterocycles. The molecule has 150 valence electrons. The van der Waals surface area contributed by atoms with Crippen molar-refractivity contribution in [3.8, 4) is 11.3 Å². The Kier molecular flexibility index (Phi) is 5.16. The third kappa shape index (κ3) is 4.03. The minimum Gasteiger partial charge on any atom is -0.308 e. The molecule has 0 fully saturated rings. The van der Waals surface area contributed by atoms with E-state index in [1.54, 1.807) is 6.07 Å². The second-order valence-electron chi connectivity index (χ2n) is 7.03. The number of fused-ring (bicyclic) bond motifs is 2. The number of anilines is 1. The first kappa shape index (κ1) is 19.4. The Bertz CT molecular complexity index is 1440. The highest BCUT2D eigenvalue weighted by Gasteiger charge is 2.13. The number of rotatable bonds is 3. The van der Waals surface area contributed by atoms with Gasteiger partial charge in [-0.05, 0) is 45.9 Å². The van der Waals surface area contributed by atoms with Crippen LogP contribution in [0.5, 0.6) is 0 Å². The van der Waals surface area contributed by atoms with E-state index in [1.807, 2.05) is 53.9 Å². The smallest absolute Gasteiger partial charge is 0.258 e. The van der Waals surface area contributed by atoms with Crippen molar-refractivity contribution in [2.75, 3.05) is 5.32 Å². The molecule has 0 bridgehead atoms. The van der Waals surface area contributed by atoms with Crippen molar-refractivity contribution < 1.29 is 4.79 Å². The van der Waals surface area contributed by atoms with Crippen molar-refractivity contribution in [3.05, 3.63) is 95.9 Å². The summed E-state index contributed by atoms with van der Waals surface area (Å²) in [6, 6.07) is 27.9. The first-order chi connectivity index (χ1) is 15.2. The molecule has 0 saturated carbocycles. The van der Waals surface area contributed by atoms with E-state index in [4.69, 9.17) is 12.2 Å². The summed E-state index contributed by atoms with van der Waals surface area (Å²) in [6.45, 7) is 0. The second kappa shape index (κ2) is 8.26. The Morgan fingerprint density at radius 3 is 2.45 bits per heavy atom. The number of thiazole rings is 1. The van der Waals surface area contributed by atoms with Crippen molar-refractivity contribution in [1.82, 2.24) is 10.3 Å². The van der Waals surface area contributed by atoms with Gasteiger partial charge in [0.1, 0.15) is 0 Å². The first-order valence-corrected chi connectivity index (χ1v) is 11.0. The quantitative estimate of drug-likeness (QED) is 0.327. The summed E-state index contributed by atoms with van der Waals surface area (Å²) >= 11 is 6.79. The molecule has 4 aromatic carbocycles. The van der Waals surface area contributed by atoms with Gasteiger partial charge in [-0.15, -0.1) is 11.3 Å². The van der Waals surface area contributed by atoms with Gasteiger partial charge in [0.15, 0.2) is 10.2 Å². The minimum atomic E-state index is -0.249. The van der Waals surface area contributed by atoms with E-state index in [2.05, 4.69) is 45.9 Å². The molecule has 1 amide bonds. The zero-order valence-electron chi connectivity index (χ0n) is 16.3. The Balaban J connectivity index is 1.30. The number of carbonyl (C=O) groups excluding carboxylic acids is 1. The Morgan fingerprint density at radius 1 is 0.839 bits per heavy atom. The Morgan fingerprint density at radius 2 is 1.58 bits per heavy atom. The number of benzene rings is 4. The number of nitrogens with one attached hydrogen (secondary N) is 2. The van der Waals surface area contributed by atoms with Crippen LogP contribution < -0.4 is 10.6 Å². The van der Waals surface area contributed by atoms with Gasteiger partial charge in [0.2, 0.25) is 0 Å². The first-order valence-electron chi connectivity index (χ1n) is 9.72. The van der Waals surface area contributed by atoms with Crippen molar-refractivity contribution in [2.45, 2.75) is 0 Å². The minimum absolute atomic E-state index is 0.220. The van der Waals surface area contributed by atoms with Crippen molar-refractivity contribution in [2.24, 2.45) is 0 Å². The number of thiocarbonyl (C=S) groups is 1.